The molecule has 0 spiro atoms. The minimum Gasteiger partial charge on any atom is -0.329 e. The molecule has 0 amide bonds. The van der Waals surface area contributed by atoms with Crippen LogP contribution < -0.4 is 5.73 Å². The van der Waals surface area contributed by atoms with Gasteiger partial charge in [-0.1, -0.05) is 0 Å². The maximum absolute atomic E-state index is 5.60. The molecule has 5 heteroatoms. The van der Waals surface area contributed by atoms with Crippen LogP contribution in [0.15, 0.2) is 12.3 Å². The van der Waals surface area contributed by atoms with E-state index in [2.05, 4.69) is 21.0 Å². The number of hydrogen-bond donors (Lipinski definition) is 1. The van der Waals surface area contributed by atoms with Gasteiger partial charge in [-0.15, -0.1) is 0 Å². The Bertz CT molecular complexity index is 335. The minimum atomic E-state index is 0.764. The average molecular weight is 237 g/mol. The molecule has 1 aliphatic heterocycles. The summed E-state index contributed by atoms with van der Waals surface area (Å²) in [5.41, 5.74) is 6.77. The van der Waals surface area contributed by atoms with Gasteiger partial charge in [-0.05, 0) is 25.6 Å². The molecular weight excluding hydrogens is 214 g/mol. The molecule has 1 fully saturated rings. The Morgan fingerprint density at radius 3 is 2.71 bits per heavy atom. The van der Waals surface area contributed by atoms with Gasteiger partial charge in [0.15, 0.2) is 0 Å². The van der Waals surface area contributed by atoms with Gasteiger partial charge in [0.2, 0.25) is 0 Å². The third-order valence-electron chi connectivity index (χ3n) is 3.28. The first-order chi connectivity index (χ1) is 8.28. The van der Waals surface area contributed by atoms with Crippen LogP contribution in [0, 0.1) is 0 Å². The van der Waals surface area contributed by atoms with E-state index in [0.717, 1.165) is 39.3 Å². The van der Waals surface area contributed by atoms with E-state index in [0.29, 0.717) is 0 Å². The van der Waals surface area contributed by atoms with Crippen LogP contribution in [0.5, 0.6) is 0 Å². The number of nitrogens with two attached hydrogens (primary N) is 1. The Labute approximate surface area is 103 Å². The predicted octanol–water partition coefficient (Wildman–Crippen LogP) is -0.113. The van der Waals surface area contributed by atoms with Crippen molar-refractivity contribution in [3.05, 3.63) is 18.0 Å². The van der Waals surface area contributed by atoms with Crippen LogP contribution in [-0.4, -0.2) is 58.8 Å². The fourth-order valence-corrected chi connectivity index (χ4v) is 2.37. The van der Waals surface area contributed by atoms with Crippen LogP contribution >= 0.6 is 0 Å². The van der Waals surface area contributed by atoms with Crippen molar-refractivity contribution >= 4 is 0 Å². The van der Waals surface area contributed by atoms with Crippen LogP contribution in [0.1, 0.15) is 12.1 Å². The molecule has 5 nitrogen and oxygen atoms in total. The van der Waals surface area contributed by atoms with Crippen LogP contribution in [0.4, 0.5) is 0 Å². The van der Waals surface area contributed by atoms with Crippen molar-refractivity contribution in [3.8, 4) is 0 Å². The van der Waals surface area contributed by atoms with Gasteiger partial charge in [0.05, 0.1) is 5.69 Å². The molecule has 1 saturated heterocycles. The SMILES string of the molecule is Cn1ccc(CN2CCCN(CCN)CC2)n1. The summed E-state index contributed by atoms with van der Waals surface area (Å²) >= 11 is 0. The van der Waals surface area contributed by atoms with E-state index >= 15 is 0 Å². The summed E-state index contributed by atoms with van der Waals surface area (Å²) < 4.78 is 1.87. The number of nitrogens with zero attached hydrogens (tertiary/aromatic N) is 4. The summed E-state index contributed by atoms with van der Waals surface area (Å²) in [5, 5.41) is 4.43. The third-order valence-corrected chi connectivity index (χ3v) is 3.28. The number of rotatable bonds is 4. The van der Waals surface area contributed by atoms with Gasteiger partial charge < -0.3 is 10.6 Å². The van der Waals surface area contributed by atoms with Crippen molar-refractivity contribution in [3.63, 3.8) is 0 Å². The van der Waals surface area contributed by atoms with Gasteiger partial charge in [-0.2, -0.15) is 5.10 Å². The van der Waals surface area contributed by atoms with Crippen molar-refractivity contribution < 1.29 is 0 Å². The molecule has 0 atom stereocenters. The summed E-state index contributed by atoms with van der Waals surface area (Å²) in [5.74, 6) is 0. The lowest BCUT2D eigenvalue weighted by Gasteiger charge is -2.20. The van der Waals surface area contributed by atoms with E-state index in [1.54, 1.807) is 0 Å². The fourth-order valence-electron chi connectivity index (χ4n) is 2.37. The molecule has 0 aliphatic carbocycles. The van der Waals surface area contributed by atoms with Gasteiger partial charge in [-0.25, -0.2) is 0 Å². The monoisotopic (exact) mass is 237 g/mol. The number of aryl methyl sites for hydroxylation is 1. The normalized spacial score (nSPS) is 19.4. The second-order valence-electron chi connectivity index (χ2n) is 4.74. The highest BCUT2D eigenvalue weighted by molar-refractivity contribution is 4.98. The molecule has 96 valence electrons. The molecule has 17 heavy (non-hydrogen) atoms. The van der Waals surface area contributed by atoms with Crippen molar-refractivity contribution in [1.82, 2.24) is 19.6 Å². The fraction of sp³-hybridized carbons (Fsp3) is 0.750. The largest absolute Gasteiger partial charge is 0.329 e. The zero-order valence-electron chi connectivity index (χ0n) is 10.7. The van der Waals surface area contributed by atoms with Crippen molar-refractivity contribution in [2.45, 2.75) is 13.0 Å². The quantitative estimate of drug-likeness (QED) is 0.793. The Morgan fingerprint density at radius 2 is 2.00 bits per heavy atom. The molecule has 1 aromatic heterocycles. The predicted molar refractivity (Wildman–Crippen MR) is 68.6 cm³/mol. The van der Waals surface area contributed by atoms with Gasteiger partial charge >= 0.3 is 0 Å². The van der Waals surface area contributed by atoms with Crippen LogP contribution in [-0.2, 0) is 13.6 Å². The highest BCUT2D eigenvalue weighted by Gasteiger charge is 2.14. The van der Waals surface area contributed by atoms with E-state index in [1.165, 1.54) is 18.7 Å². The van der Waals surface area contributed by atoms with Gasteiger partial charge in [0.1, 0.15) is 0 Å². The maximum atomic E-state index is 5.60. The van der Waals surface area contributed by atoms with E-state index in [4.69, 9.17) is 5.73 Å². The topological polar surface area (TPSA) is 50.3 Å². The second-order valence-corrected chi connectivity index (χ2v) is 4.74. The molecule has 0 bridgehead atoms. The van der Waals surface area contributed by atoms with Crippen molar-refractivity contribution in [2.75, 3.05) is 39.3 Å². The molecule has 0 radical (unpaired) electrons. The lowest BCUT2D eigenvalue weighted by atomic mass is 10.3. The molecule has 2 rings (SSSR count). The van der Waals surface area contributed by atoms with Crippen molar-refractivity contribution in [2.24, 2.45) is 12.8 Å². The van der Waals surface area contributed by atoms with Crippen LogP contribution in [0.25, 0.3) is 0 Å². The summed E-state index contributed by atoms with van der Waals surface area (Å²) in [7, 11) is 1.97. The zero-order valence-corrected chi connectivity index (χ0v) is 10.7. The van der Waals surface area contributed by atoms with E-state index < -0.39 is 0 Å². The molecule has 2 N–H and O–H groups in total. The summed E-state index contributed by atoms with van der Waals surface area (Å²) in [6, 6.07) is 2.10. The van der Waals surface area contributed by atoms with Crippen LogP contribution in [0.3, 0.4) is 0 Å². The Kier molecular flexibility index (Phi) is 4.53. The van der Waals surface area contributed by atoms with E-state index in [-0.39, 0.29) is 0 Å². The number of aromatic nitrogens is 2. The molecule has 0 unspecified atom stereocenters. The highest BCUT2D eigenvalue weighted by Crippen LogP contribution is 2.07. The summed E-state index contributed by atoms with van der Waals surface area (Å²) in [6.07, 6.45) is 3.24. The highest BCUT2D eigenvalue weighted by atomic mass is 15.3. The minimum absolute atomic E-state index is 0.764. The lowest BCUT2D eigenvalue weighted by Crippen LogP contribution is -2.33. The Morgan fingerprint density at radius 1 is 1.24 bits per heavy atom. The standard InChI is InChI=1S/C12H23N5/c1-15-7-3-12(14-15)11-17-6-2-5-16(8-4-13)9-10-17/h3,7H,2,4-6,8-11,13H2,1H3. The lowest BCUT2D eigenvalue weighted by molar-refractivity contribution is 0.252. The van der Waals surface area contributed by atoms with Crippen molar-refractivity contribution in [1.29, 1.82) is 0 Å². The number of hydrogen-bond acceptors (Lipinski definition) is 4. The first-order valence-electron chi connectivity index (χ1n) is 6.41. The Hall–Kier alpha value is -0.910. The smallest absolute Gasteiger partial charge is 0.0764 e. The molecule has 0 saturated carbocycles. The average Bonchev–Trinajstić information content (AvgIpc) is 2.58. The molecule has 1 aliphatic rings. The third kappa shape index (κ3) is 3.80. The second kappa shape index (κ2) is 6.14. The summed E-state index contributed by atoms with van der Waals surface area (Å²) in [4.78, 5) is 4.94. The van der Waals surface area contributed by atoms with Gasteiger partial charge in [-0.3, -0.25) is 9.58 Å². The zero-order chi connectivity index (χ0) is 12.1. The van der Waals surface area contributed by atoms with E-state index in [1.807, 2.05) is 17.9 Å². The van der Waals surface area contributed by atoms with Crippen LogP contribution in [0.2, 0.25) is 0 Å². The first kappa shape index (κ1) is 12.5. The molecule has 2 heterocycles. The summed E-state index contributed by atoms with van der Waals surface area (Å²) in [6.45, 7) is 7.35. The van der Waals surface area contributed by atoms with Gasteiger partial charge in [0, 0.05) is 46.0 Å². The first-order valence-corrected chi connectivity index (χ1v) is 6.41. The molecule has 1 aromatic rings. The van der Waals surface area contributed by atoms with E-state index in [9.17, 15) is 0 Å². The Balaban J connectivity index is 1.82. The molecule has 0 aromatic carbocycles. The molecular formula is C12H23N5. The maximum Gasteiger partial charge on any atom is 0.0764 e. The van der Waals surface area contributed by atoms with Gasteiger partial charge in [0.25, 0.3) is 0 Å².